The van der Waals surface area contributed by atoms with Gasteiger partial charge in [0.05, 0.1) is 29.0 Å². The Balaban J connectivity index is 1.67. The van der Waals surface area contributed by atoms with Gasteiger partial charge in [0.15, 0.2) is 0 Å². The average Bonchev–Trinajstić information content (AvgIpc) is 3.10. The van der Waals surface area contributed by atoms with Crippen molar-refractivity contribution in [3.05, 3.63) is 17.2 Å². The number of rotatable bonds is 4. The quantitative estimate of drug-likeness (QED) is 0.911. The predicted octanol–water partition coefficient (Wildman–Crippen LogP) is 2.82. The molecule has 0 saturated heterocycles. The number of aromatic nitrogens is 2. The number of hydrogen-bond acceptors (Lipinski definition) is 5. The van der Waals surface area contributed by atoms with Gasteiger partial charge in [-0.05, 0) is 25.0 Å². The summed E-state index contributed by atoms with van der Waals surface area (Å²) in [5, 5.41) is 6.59. The van der Waals surface area contributed by atoms with Gasteiger partial charge in [0.1, 0.15) is 11.0 Å². The molecule has 5 nitrogen and oxygen atoms in total. The maximum Gasteiger partial charge on any atom is 0.238 e. The minimum atomic E-state index is -0.0979. The highest BCUT2D eigenvalue weighted by Gasteiger charge is 2.17. The molecule has 0 bridgehead atoms. The third-order valence-electron chi connectivity index (χ3n) is 3.55. The van der Waals surface area contributed by atoms with Crippen molar-refractivity contribution in [2.75, 3.05) is 11.9 Å². The van der Waals surface area contributed by atoms with Crippen LogP contribution >= 0.6 is 23.3 Å². The fourth-order valence-electron chi connectivity index (χ4n) is 2.50. The van der Waals surface area contributed by atoms with E-state index in [0.717, 1.165) is 30.1 Å². The summed E-state index contributed by atoms with van der Waals surface area (Å²) in [4.78, 5) is 12.0. The maximum absolute atomic E-state index is 12.0. The molecule has 1 aliphatic rings. The predicted molar refractivity (Wildman–Crippen MR) is 81.3 cm³/mol. The van der Waals surface area contributed by atoms with E-state index in [-0.39, 0.29) is 5.91 Å². The molecule has 2 N–H and O–H groups in total. The van der Waals surface area contributed by atoms with Crippen molar-refractivity contribution in [2.45, 2.75) is 31.7 Å². The van der Waals surface area contributed by atoms with E-state index >= 15 is 0 Å². The lowest BCUT2D eigenvalue weighted by atomic mass is 10.2. The number of carbonyl (C=O) groups excluding carboxylic acids is 1. The topological polar surface area (TPSA) is 66.9 Å². The zero-order chi connectivity index (χ0) is 13.9. The third kappa shape index (κ3) is 2.92. The first kappa shape index (κ1) is 13.7. The van der Waals surface area contributed by atoms with Crippen molar-refractivity contribution < 1.29 is 4.79 Å². The van der Waals surface area contributed by atoms with Crippen LogP contribution in [0.4, 0.5) is 5.69 Å². The molecule has 1 heterocycles. The van der Waals surface area contributed by atoms with Crippen molar-refractivity contribution in [3.63, 3.8) is 0 Å². The van der Waals surface area contributed by atoms with Gasteiger partial charge in [-0.3, -0.25) is 4.79 Å². The summed E-state index contributed by atoms with van der Waals surface area (Å²) in [6.07, 6.45) is 4.79. The molecule has 1 aromatic carbocycles. The summed E-state index contributed by atoms with van der Waals surface area (Å²) >= 11 is 7.24. The number of benzene rings is 1. The van der Waals surface area contributed by atoms with Gasteiger partial charge in [-0.25, -0.2) is 0 Å². The largest absolute Gasteiger partial charge is 0.322 e. The van der Waals surface area contributed by atoms with Gasteiger partial charge in [-0.2, -0.15) is 8.75 Å². The van der Waals surface area contributed by atoms with Crippen LogP contribution in [0.25, 0.3) is 11.0 Å². The van der Waals surface area contributed by atoms with E-state index in [4.69, 9.17) is 11.6 Å². The summed E-state index contributed by atoms with van der Waals surface area (Å²) in [6.45, 7) is 0.301. The SMILES string of the molecule is O=C(CNC1CCCC1)Nc1c(Cl)ccc2nsnc12. The molecule has 1 amide bonds. The van der Waals surface area contributed by atoms with Crippen molar-refractivity contribution in [1.82, 2.24) is 14.1 Å². The molecule has 0 radical (unpaired) electrons. The van der Waals surface area contributed by atoms with Crippen molar-refractivity contribution in [1.29, 1.82) is 0 Å². The Morgan fingerprint density at radius 3 is 2.95 bits per heavy atom. The first-order valence-corrected chi connectivity index (χ1v) is 7.79. The first-order valence-electron chi connectivity index (χ1n) is 6.68. The summed E-state index contributed by atoms with van der Waals surface area (Å²) in [5.74, 6) is -0.0979. The Bertz CT molecular complexity index is 624. The van der Waals surface area contributed by atoms with Gasteiger partial charge in [-0.1, -0.05) is 24.4 Å². The molecule has 1 fully saturated rings. The third-order valence-corrected chi connectivity index (χ3v) is 4.41. The standard InChI is InChI=1S/C13H15ClN4OS/c14-9-5-6-10-13(18-20-17-10)12(9)16-11(19)7-15-8-3-1-2-4-8/h5-6,8,15H,1-4,7H2,(H,16,19). The first-order chi connectivity index (χ1) is 9.74. The second kappa shape index (κ2) is 6.03. The van der Waals surface area contributed by atoms with E-state index in [1.54, 1.807) is 12.1 Å². The highest BCUT2D eigenvalue weighted by atomic mass is 35.5. The Morgan fingerprint density at radius 1 is 1.35 bits per heavy atom. The van der Waals surface area contributed by atoms with Crippen molar-refractivity contribution >= 4 is 46.0 Å². The number of amides is 1. The van der Waals surface area contributed by atoms with Crippen LogP contribution in [0.2, 0.25) is 5.02 Å². The van der Waals surface area contributed by atoms with Crippen LogP contribution in [0.3, 0.4) is 0 Å². The van der Waals surface area contributed by atoms with Crippen LogP contribution in [0.15, 0.2) is 12.1 Å². The Hall–Kier alpha value is -1.24. The zero-order valence-corrected chi connectivity index (χ0v) is 12.4. The van der Waals surface area contributed by atoms with Crippen molar-refractivity contribution in [3.8, 4) is 0 Å². The fraction of sp³-hybridized carbons (Fsp3) is 0.462. The van der Waals surface area contributed by atoms with Gasteiger partial charge >= 0.3 is 0 Å². The molecule has 1 aromatic heterocycles. The molecule has 0 spiro atoms. The monoisotopic (exact) mass is 310 g/mol. The lowest BCUT2D eigenvalue weighted by Crippen LogP contribution is -2.34. The molecule has 7 heteroatoms. The fourth-order valence-corrected chi connectivity index (χ4v) is 3.24. The maximum atomic E-state index is 12.0. The van der Waals surface area contributed by atoms with E-state index in [1.807, 2.05) is 0 Å². The van der Waals surface area contributed by atoms with Crippen LogP contribution in [0.1, 0.15) is 25.7 Å². The van der Waals surface area contributed by atoms with Crippen LogP contribution in [-0.4, -0.2) is 27.2 Å². The molecular weight excluding hydrogens is 296 g/mol. The van der Waals surface area contributed by atoms with E-state index in [0.29, 0.717) is 28.8 Å². The molecule has 3 rings (SSSR count). The molecular formula is C13H15ClN4OS. The Kier molecular flexibility index (Phi) is 4.14. The number of hydrogen-bond donors (Lipinski definition) is 2. The van der Waals surface area contributed by atoms with Gasteiger partial charge in [0.25, 0.3) is 0 Å². The number of anilines is 1. The number of fused-ring (bicyclic) bond motifs is 1. The molecule has 0 aliphatic heterocycles. The number of halogens is 1. The molecule has 1 saturated carbocycles. The number of carbonyl (C=O) groups is 1. The van der Waals surface area contributed by atoms with E-state index in [9.17, 15) is 4.79 Å². The van der Waals surface area contributed by atoms with Gasteiger partial charge < -0.3 is 10.6 Å². The molecule has 2 aromatic rings. The number of nitrogens with one attached hydrogen (secondary N) is 2. The van der Waals surface area contributed by atoms with Crippen LogP contribution < -0.4 is 10.6 Å². The Labute approximate surface area is 126 Å². The van der Waals surface area contributed by atoms with Gasteiger partial charge in [0, 0.05) is 6.04 Å². The normalized spacial score (nSPS) is 15.8. The summed E-state index contributed by atoms with van der Waals surface area (Å²) < 4.78 is 8.32. The highest BCUT2D eigenvalue weighted by molar-refractivity contribution is 7.00. The average molecular weight is 311 g/mol. The summed E-state index contributed by atoms with van der Waals surface area (Å²) in [5.41, 5.74) is 1.95. The summed E-state index contributed by atoms with van der Waals surface area (Å²) in [7, 11) is 0. The molecule has 0 unspecified atom stereocenters. The van der Waals surface area contributed by atoms with Gasteiger partial charge in [0.2, 0.25) is 5.91 Å². The minimum absolute atomic E-state index is 0.0979. The van der Waals surface area contributed by atoms with Crippen LogP contribution in [-0.2, 0) is 4.79 Å². The lowest BCUT2D eigenvalue weighted by molar-refractivity contribution is -0.115. The minimum Gasteiger partial charge on any atom is -0.322 e. The lowest BCUT2D eigenvalue weighted by Gasteiger charge is -2.12. The second-order valence-electron chi connectivity index (χ2n) is 4.96. The van der Waals surface area contributed by atoms with E-state index < -0.39 is 0 Å². The zero-order valence-electron chi connectivity index (χ0n) is 10.9. The molecule has 106 valence electrons. The smallest absolute Gasteiger partial charge is 0.238 e. The number of nitrogens with zero attached hydrogens (tertiary/aromatic N) is 2. The van der Waals surface area contributed by atoms with Crippen molar-refractivity contribution in [2.24, 2.45) is 0 Å². The highest BCUT2D eigenvalue weighted by Crippen LogP contribution is 2.29. The Morgan fingerprint density at radius 2 is 2.15 bits per heavy atom. The van der Waals surface area contributed by atoms with Gasteiger partial charge in [-0.15, -0.1) is 0 Å². The molecule has 20 heavy (non-hydrogen) atoms. The van der Waals surface area contributed by atoms with E-state index in [1.165, 1.54) is 12.8 Å². The molecule has 0 atom stereocenters. The summed E-state index contributed by atoms with van der Waals surface area (Å²) in [6, 6.07) is 3.99. The van der Waals surface area contributed by atoms with Crippen LogP contribution in [0, 0.1) is 0 Å². The van der Waals surface area contributed by atoms with E-state index in [2.05, 4.69) is 19.4 Å². The molecule has 1 aliphatic carbocycles. The second-order valence-corrected chi connectivity index (χ2v) is 5.90. The van der Waals surface area contributed by atoms with Crippen LogP contribution in [0.5, 0.6) is 0 Å².